The summed E-state index contributed by atoms with van der Waals surface area (Å²) in [4.78, 5) is 4.41. The van der Waals surface area contributed by atoms with E-state index in [1.165, 1.54) is 36.7 Å². The second-order valence-electron chi connectivity index (χ2n) is 4.43. The third-order valence-corrected chi connectivity index (χ3v) is 3.64. The molecule has 3 rings (SSSR count). The number of halogens is 1. The van der Waals surface area contributed by atoms with Gasteiger partial charge in [-0.3, -0.25) is 5.10 Å². The Morgan fingerprint density at radius 3 is 3.11 bits per heavy atom. The highest BCUT2D eigenvalue weighted by atomic mass is 32.2. The summed E-state index contributed by atoms with van der Waals surface area (Å²) in [6.07, 6.45) is 2.42. The van der Waals surface area contributed by atoms with Crippen LogP contribution in [0.1, 0.15) is 24.6 Å². The van der Waals surface area contributed by atoms with E-state index in [9.17, 15) is 4.39 Å². The molecule has 2 aromatic rings. The number of nitrogens with one attached hydrogen (secondary N) is 1. The lowest BCUT2D eigenvalue weighted by atomic mass is 10.3. The number of H-pyrrole nitrogens is 1. The number of aromatic nitrogens is 3. The van der Waals surface area contributed by atoms with Crippen molar-refractivity contribution in [2.75, 3.05) is 12.4 Å². The number of thioether (sulfide) groups is 1. The first-order valence-corrected chi connectivity index (χ1v) is 7.23. The summed E-state index contributed by atoms with van der Waals surface area (Å²) in [5.74, 6) is 2.58. The zero-order valence-electron chi connectivity index (χ0n) is 10.3. The summed E-state index contributed by atoms with van der Waals surface area (Å²) < 4.78 is 18.4. The molecule has 100 valence electrons. The van der Waals surface area contributed by atoms with Crippen LogP contribution in [0, 0.1) is 5.82 Å². The molecule has 4 nitrogen and oxygen atoms in total. The number of ether oxygens (including phenoxy) is 1. The van der Waals surface area contributed by atoms with E-state index in [1.54, 1.807) is 12.1 Å². The van der Waals surface area contributed by atoms with Crippen LogP contribution < -0.4 is 4.74 Å². The highest BCUT2D eigenvalue weighted by Gasteiger charge is 2.27. The molecule has 1 aromatic carbocycles. The molecule has 0 amide bonds. The summed E-state index contributed by atoms with van der Waals surface area (Å²) >= 11 is 1.54. The van der Waals surface area contributed by atoms with E-state index in [4.69, 9.17) is 4.74 Å². The van der Waals surface area contributed by atoms with E-state index in [0.717, 1.165) is 16.7 Å². The standard InChI is InChI=1S/C13H14FN3OS/c14-10-2-1-3-11(8-10)18-6-7-19-13-15-12(16-17-13)9-4-5-9/h1-3,8-9H,4-7H2,(H,15,16,17). The van der Waals surface area contributed by atoms with Gasteiger partial charge in [0.15, 0.2) is 0 Å². The van der Waals surface area contributed by atoms with Crippen molar-refractivity contribution in [3.63, 3.8) is 0 Å². The lowest BCUT2D eigenvalue weighted by molar-refractivity contribution is 0.342. The first-order valence-electron chi connectivity index (χ1n) is 6.25. The van der Waals surface area contributed by atoms with Gasteiger partial charge < -0.3 is 4.74 Å². The molecule has 0 unspecified atom stereocenters. The van der Waals surface area contributed by atoms with Crippen molar-refractivity contribution in [1.29, 1.82) is 0 Å². The highest BCUT2D eigenvalue weighted by Crippen LogP contribution is 2.38. The first-order chi connectivity index (χ1) is 9.31. The maximum Gasteiger partial charge on any atom is 0.208 e. The van der Waals surface area contributed by atoms with Crippen molar-refractivity contribution in [2.24, 2.45) is 0 Å². The molecule has 1 N–H and O–H groups in total. The van der Waals surface area contributed by atoms with E-state index in [-0.39, 0.29) is 5.82 Å². The van der Waals surface area contributed by atoms with Crippen LogP contribution in [0.15, 0.2) is 29.4 Å². The Morgan fingerprint density at radius 1 is 1.42 bits per heavy atom. The Bertz CT molecular complexity index is 556. The van der Waals surface area contributed by atoms with Crippen LogP contribution in [0.25, 0.3) is 0 Å². The maximum atomic E-state index is 12.9. The van der Waals surface area contributed by atoms with Gasteiger partial charge in [0.05, 0.1) is 6.61 Å². The molecule has 0 spiro atoms. The predicted molar refractivity (Wildman–Crippen MR) is 71.0 cm³/mol. The van der Waals surface area contributed by atoms with Gasteiger partial charge in [-0.2, -0.15) is 0 Å². The van der Waals surface area contributed by atoms with Crippen molar-refractivity contribution >= 4 is 11.8 Å². The Labute approximate surface area is 114 Å². The Kier molecular flexibility index (Phi) is 3.68. The molecule has 1 aliphatic rings. The lowest BCUT2D eigenvalue weighted by Gasteiger charge is -2.04. The minimum atomic E-state index is -0.284. The number of hydrogen-bond donors (Lipinski definition) is 1. The van der Waals surface area contributed by atoms with Crippen molar-refractivity contribution < 1.29 is 9.13 Å². The molecule has 1 heterocycles. The van der Waals surface area contributed by atoms with Gasteiger partial charge in [-0.1, -0.05) is 17.8 Å². The topological polar surface area (TPSA) is 50.8 Å². The van der Waals surface area contributed by atoms with Crippen molar-refractivity contribution in [1.82, 2.24) is 15.2 Å². The van der Waals surface area contributed by atoms with Crippen molar-refractivity contribution in [3.8, 4) is 5.75 Å². The van der Waals surface area contributed by atoms with Crippen molar-refractivity contribution in [3.05, 3.63) is 35.9 Å². The Morgan fingerprint density at radius 2 is 2.32 bits per heavy atom. The second-order valence-corrected chi connectivity index (χ2v) is 5.49. The maximum absolute atomic E-state index is 12.9. The molecule has 6 heteroatoms. The summed E-state index contributed by atoms with van der Waals surface area (Å²) in [6, 6.07) is 6.15. The monoisotopic (exact) mass is 279 g/mol. The van der Waals surface area contributed by atoms with E-state index in [2.05, 4.69) is 15.2 Å². The third-order valence-electron chi connectivity index (χ3n) is 2.83. The zero-order chi connectivity index (χ0) is 13.1. The molecule has 0 atom stereocenters. The van der Waals surface area contributed by atoms with E-state index in [1.807, 2.05) is 0 Å². The van der Waals surface area contributed by atoms with Gasteiger partial charge in [0.25, 0.3) is 0 Å². The van der Waals surface area contributed by atoms with Crippen molar-refractivity contribution in [2.45, 2.75) is 23.9 Å². The molecule has 1 fully saturated rings. The van der Waals surface area contributed by atoms with Gasteiger partial charge in [0.2, 0.25) is 5.16 Å². The molecule has 1 aliphatic carbocycles. The highest BCUT2D eigenvalue weighted by molar-refractivity contribution is 7.99. The predicted octanol–water partition coefficient (Wildman–Crippen LogP) is 2.99. The summed E-state index contributed by atoms with van der Waals surface area (Å²) in [6.45, 7) is 0.501. The van der Waals surface area contributed by atoms with Gasteiger partial charge in [-0.25, -0.2) is 9.37 Å². The third kappa shape index (κ3) is 3.47. The van der Waals surface area contributed by atoms with Gasteiger partial charge >= 0.3 is 0 Å². The van der Waals surface area contributed by atoms with Gasteiger partial charge in [-0.05, 0) is 25.0 Å². The van der Waals surface area contributed by atoms with Gasteiger partial charge in [0.1, 0.15) is 17.4 Å². The number of hydrogen-bond acceptors (Lipinski definition) is 4. The quantitative estimate of drug-likeness (QED) is 0.652. The second kappa shape index (κ2) is 5.61. The normalized spacial score (nSPS) is 14.6. The fourth-order valence-electron chi connectivity index (χ4n) is 1.71. The number of nitrogens with zero attached hydrogens (tertiary/aromatic N) is 2. The van der Waals surface area contributed by atoms with Crippen LogP contribution in [0.2, 0.25) is 0 Å². The average Bonchev–Trinajstić information content (AvgIpc) is 3.15. The van der Waals surface area contributed by atoms with Crippen LogP contribution in [0.4, 0.5) is 4.39 Å². The molecule has 0 radical (unpaired) electrons. The molecule has 1 aromatic heterocycles. The first kappa shape index (κ1) is 12.5. The van der Waals surface area contributed by atoms with Gasteiger partial charge in [0, 0.05) is 17.7 Å². The van der Waals surface area contributed by atoms with E-state index in [0.29, 0.717) is 18.3 Å². The van der Waals surface area contributed by atoms with E-state index >= 15 is 0 Å². The molecular formula is C13H14FN3OS. The Hall–Kier alpha value is -1.56. The largest absolute Gasteiger partial charge is 0.493 e. The smallest absolute Gasteiger partial charge is 0.208 e. The zero-order valence-corrected chi connectivity index (χ0v) is 11.1. The number of benzene rings is 1. The minimum Gasteiger partial charge on any atom is -0.493 e. The number of rotatable bonds is 6. The van der Waals surface area contributed by atoms with Crippen LogP contribution in [-0.2, 0) is 0 Å². The average molecular weight is 279 g/mol. The molecule has 0 aliphatic heterocycles. The summed E-state index contributed by atoms with van der Waals surface area (Å²) in [5.41, 5.74) is 0. The Balaban J connectivity index is 1.42. The van der Waals surface area contributed by atoms with Gasteiger partial charge in [-0.15, -0.1) is 5.10 Å². The SMILES string of the molecule is Fc1cccc(OCCSc2n[nH]c(C3CC3)n2)c1. The molecule has 0 bridgehead atoms. The van der Waals surface area contributed by atoms with Crippen LogP contribution in [0.3, 0.4) is 0 Å². The van der Waals surface area contributed by atoms with Crippen LogP contribution in [0.5, 0.6) is 5.75 Å². The van der Waals surface area contributed by atoms with Crippen LogP contribution >= 0.6 is 11.8 Å². The summed E-state index contributed by atoms with van der Waals surface area (Å²) in [7, 11) is 0. The molecular weight excluding hydrogens is 265 g/mol. The molecule has 19 heavy (non-hydrogen) atoms. The fourth-order valence-corrected chi connectivity index (χ4v) is 2.33. The molecule has 1 saturated carbocycles. The number of aromatic amines is 1. The lowest BCUT2D eigenvalue weighted by Crippen LogP contribution is -2.00. The van der Waals surface area contributed by atoms with Crippen LogP contribution in [-0.4, -0.2) is 27.5 Å². The fraction of sp³-hybridized carbons (Fsp3) is 0.385. The minimum absolute atomic E-state index is 0.284. The molecule has 0 saturated heterocycles. The van der Waals surface area contributed by atoms with E-state index < -0.39 is 0 Å². The summed E-state index contributed by atoms with van der Waals surface area (Å²) in [5, 5.41) is 7.86.